The Labute approximate surface area is 101 Å². The number of thiol groups is 1. The number of carbonyl (C=O) groups is 1. The number of aryl methyl sites for hydroxylation is 1. The molecular formula is C11H16N2O2S. The minimum atomic E-state index is -0.0161. The molecule has 1 aromatic heterocycles. The summed E-state index contributed by atoms with van der Waals surface area (Å²) in [7, 11) is 1.57. The summed E-state index contributed by atoms with van der Waals surface area (Å²) >= 11 is 3.99. The normalized spacial score (nSPS) is 9.94. The summed E-state index contributed by atoms with van der Waals surface area (Å²) in [6.45, 7) is 2.33. The van der Waals surface area contributed by atoms with Gasteiger partial charge in [0.05, 0.1) is 7.11 Å². The molecule has 0 radical (unpaired) electrons. The molecule has 0 bridgehead atoms. The summed E-state index contributed by atoms with van der Waals surface area (Å²) in [6, 6.07) is 3.80. The molecule has 0 spiro atoms. The fourth-order valence-electron chi connectivity index (χ4n) is 1.26. The number of nitrogens with zero attached hydrogens (tertiary/aromatic N) is 1. The van der Waals surface area contributed by atoms with Crippen molar-refractivity contribution in [1.82, 2.24) is 10.3 Å². The van der Waals surface area contributed by atoms with E-state index in [-0.39, 0.29) is 5.91 Å². The van der Waals surface area contributed by atoms with Crippen LogP contribution in [0.15, 0.2) is 12.1 Å². The van der Waals surface area contributed by atoms with Gasteiger partial charge < -0.3 is 10.1 Å². The molecule has 0 atom stereocenters. The second-order valence-electron chi connectivity index (χ2n) is 3.37. The molecule has 0 saturated carbocycles. The summed E-state index contributed by atoms with van der Waals surface area (Å²) in [5, 5.41) is 2.79. The molecule has 0 unspecified atom stereocenters. The van der Waals surface area contributed by atoms with Crippen molar-refractivity contribution in [2.24, 2.45) is 0 Å². The minimum Gasteiger partial charge on any atom is -0.481 e. The van der Waals surface area contributed by atoms with E-state index < -0.39 is 0 Å². The molecule has 0 fully saturated rings. The number of amides is 1. The Morgan fingerprint density at radius 2 is 2.31 bits per heavy atom. The second kappa shape index (κ2) is 6.37. The number of aromatic nitrogens is 1. The summed E-state index contributed by atoms with van der Waals surface area (Å²) in [6.07, 6.45) is 0.421. The van der Waals surface area contributed by atoms with E-state index in [4.69, 9.17) is 4.74 Å². The highest BCUT2D eigenvalue weighted by molar-refractivity contribution is 7.80. The van der Waals surface area contributed by atoms with Crippen molar-refractivity contribution in [3.05, 3.63) is 23.4 Å². The smallest absolute Gasteiger partial charge is 0.221 e. The Hall–Kier alpha value is -1.23. The molecule has 0 aliphatic heterocycles. The Balaban J connectivity index is 2.63. The quantitative estimate of drug-likeness (QED) is 0.764. The molecular weight excluding hydrogens is 224 g/mol. The number of hydrogen-bond acceptors (Lipinski definition) is 4. The molecule has 1 heterocycles. The van der Waals surface area contributed by atoms with E-state index in [0.717, 1.165) is 11.3 Å². The molecule has 1 N–H and O–H groups in total. The molecule has 0 aliphatic rings. The van der Waals surface area contributed by atoms with E-state index >= 15 is 0 Å². The third-order valence-corrected chi connectivity index (χ3v) is 2.31. The first-order chi connectivity index (χ1) is 7.67. The fourth-order valence-corrected chi connectivity index (χ4v) is 1.46. The van der Waals surface area contributed by atoms with Gasteiger partial charge in [-0.25, -0.2) is 4.98 Å². The van der Waals surface area contributed by atoms with Crippen molar-refractivity contribution in [3.63, 3.8) is 0 Å². The maximum atomic E-state index is 11.3. The first-order valence-corrected chi connectivity index (χ1v) is 5.68. The lowest BCUT2D eigenvalue weighted by molar-refractivity contribution is -0.120. The van der Waals surface area contributed by atoms with E-state index in [2.05, 4.69) is 22.9 Å². The van der Waals surface area contributed by atoms with Gasteiger partial charge in [0, 0.05) is 24.2 Å². The Morgan fingerprint density at radius 3 is 2.94 bits per heavy atom. The summed E-state index contributed by atoms with van der Waals surface area (Å²) in [5.74, 6) is 1.10. The van der Waals surface area contributed by atoms with Crippen molar-refractivity contribution in [3.8, 4) is 5.88 Å². The van der Waals surface area contributed by atoms with Crippen LogP contribution in [0.3, 0.4) is 0 Å². The monoisotopic (exact) mass is 240 g/mol. The van der Waals surface area contributed by atoms with Gasteiger partial charge in [-0.05, 0) is 18.7 Å². The van der Waals surface area contributed by atoms with Gasteiger partial charge in [-0.1, -0.05) is 6.07 Å². The first kappa shape index (κ1) is 12.8. The van der Waals surface area contributed by atoms with Crippen molar-refractivity contribution in [1.29, 1.82) is 0 Å². The van der Waals surface area contributed by atoms with Crippen LogP contribution in [0.25, 0.3) is 0 Å². The lowest BCUT2D eigenvalue weighted by Gasteiger charge is -2.09. The van der Waals surface area contributed by atoms with Crippen LogP contribution >= 0.6 is 12.6 Å². The number of carbonyl (C=O) groups excluding carboxylic acids is 1. The topological polar surface area (TPSA) is 51.2 Å². The third kappa shape index (κ3) is 3.73. The molecule has 16 heavy (non-hydrogen) atoms. The maximum absolute atomic E-state index is 11.3. The zero-order valence-corrected chi connectivity index (χ0v) is 10.4. The molecule has 88 valence electrons. The van der Waals surface area contributed by atoms with E-state index in [1.54, 1.807) is 7.11 Å². The zero-order chi connectivity index (χ0) is 12.0. The van der Waals surface area contributed by atoms with Gasteiger partial charge in [0.1, 0.15) is 0 Å². The van der Waals surface area contributed by atoms with Gasteiger partial charge >= 0.3 is 0 Å². The van der Waals surface area contributed by atoms with E-state index in [0.29, 0.717) is 24.6 Å². The molecule has 5 heteroatoms. The minimum absolute atomic E-state index is 0.0161. The largest absolute Gasteiger partial charge is 0.481 e. The van der Waals surface area contributed by atoms with E-state index in [1.165, 1.54) is 0 Å². The van der Waals surface area contributed by atoms with Crippen LogP contribution in [0.1, 0.15) is 17.7 Å². The van der Waals surface area contributed by atoms with Gasteiger partial charge in [-0.2, -0.15) is 12.6 Å². The Kier molecular flexibility index (Phi) is 5.11. The lowest BCUT2D eigenvalue weighted by Crippen LogP contribution is -2.23. The molecule has 0 saturated heterocycles. The summed E-state index contributed by atoms with van der Waals surface area (Å²) in [4.78, 5) is 15.5. The van der Waals surface area contributed by atoms with Crippen LogP contribution in [-0.4, -0.2) is 23.8 Å². The number of ether oxygens (including phenoxy) is 1. The average molecular weight is 240 g/mol. The Morgan fingerprint density at radius 1 is 1.56 bits per heavy atom. The number of pyridine rings is 1. The zero-order valence-electron chi connectivity index (χ0n) is 9.49. The van der Waals surface area contributed by atoms with Gasteiger partial charge in [0.25, 0.3) is 0 Å². The lowest BCUT2D eigenvalue weighted by atomic mass is 10.2. The van der Waals surface area contributed by atoms with Crippen molar-refractivity contribution in [2.45, 2.75) is 19.9 Å². The molecule has 0 aliphatic carbocycles. The maximum Gasteiger partial charge on any atom is 0.221 e. The van der Waals surface area contributed by atoms with Crippen LogP contribution in [-0.2, 0) is 11.3 Å². The van der Waals surface area contributed by atoms with Gasteiger partial charge in [-0.15, -0.1) is 0 Å². The predicted octanol–water partition coefficient (Wildman–Crippen LogP) is 1.33. The highest BCUT2D eigenvalue weighted by Gasteiger charge is 2.06. The summed E-state index contributed by atoms with van der Waals surface area (Å²) < 4.78 is 5.14. The number of nitrogens with one attached hydrogen (secondary N) is 1. The van der Waals surface area contributed by atoms with Crippen LogP contribution in [0, 0.1) is 6.92 Å². The first-order valence-electron chi connectivity index (χ1n) is 5.05. The molecule has 0 aromatic carbocycles. The van der Waals surface area contributed by atoms with Crippen LogP contribution in [0.2, 0.25) is 0 Å². The highest BCUT2D eigenvalue weighted by Crippen LogP contribution is 2.15. The second-order valence-corrected chi connectivity index (χ2v) is 3.82. The molecule has 1 aromatic rings. The molecule has 1 rings (SSSR count). The highest BCUT2D eigenvalue weighted by atomic mass is 32.1. The third-order valence-electron chi connectivity index (χ3n) is 2.09. The van der Waals surface area contributed by atoms with Gasteiger partial charge in [0.2, 0.25) is 11.8 Å². The van der Waals surface area contributed by atoms with Crippen LogP contribution in [0.4, 0.5) is 0 Å². The van der Waals surface area contributed by atoms with Crippen molar-refractivity contribution < 1.29 is 9.53 Å². The van der Waals surface area contributed by atoms with Crippen LogP contribution in [0.5, 0.6) is 5.88 Å². The summed E-state index contributed by atoms with van der Waals surface area (Å²) in [5.41, 5.74) is 1.77. The standard InChI is InChI=1S/C11H16N2O2S/c1-8-3-4-9(11(13-8)15-2)7-12-10(14)5-6-16/h3-4,16H,5-7H2,1-2H3,(H,12,14). The fraction of sp³-hybridized carbons (Fsp3) is 0.455. The van der Waals surface area contributed by atoms with Crippen molar-refractivity contribution >= 4 is 18.5 Å². The number of methoxy groups -OCH3 is 1. The van der Waals surface area contributed by atoms with Gasteiger partial charge in [-0.3, -0.25) is 4.79 Å². The molecule has 4 nitrogen and oxygen atoms in total. The molecule has 1 amide bonds. The Bertz CT molecular complexity index is 369. The predicted molar refractivity (Wildman–Crippen MR) is 65.8 cm³/mol. The van der Waals surface area contributed by atoms with Crippen LogP contribution < -0.4 is 10.1 Å². The number of rotatable bonds is 5. The SMILES string of the molecule is COc1nc(C)ccc1CNC(=O)CCS. The van der Waals surface area contributed by atoms with Crippen molar-refractivity contribution in [2.75, 3.05) is 12.9 Å². The number of hydrogen-bond donors (Lipinski definition) is 2. The average Bonchev–Trinajstić information content (AvgIpc) is 2.27. The van der Waals surface area contributed by atoms with E-state index in [1.807, 2.05) is 19.1 Å². The van der Waals surface area contributed by atoms with E-state index in [9.17, 15) is 4.79 Å². The van der Waals surface area contributed by atoms with Gasteiger partial charge in [0.15, 0.2) is 0 Å².